The summed E-state index contributed by atoms with van der Waals surface area (Å²) in [5.74, 6) is 0. The van der Waals surface area contributed by atoms with E-state index >= 15 is 0 Å². The SMILES string of the molecule is O=S(=O)(O)C1CCCCCC12CCCCC2. The van der Waals surface area contributed by atoms with Crippen LogP contribution in [0.5, 0.6) is 0 Å². The van der Waals surface area contributed by atoms with Gasteiger partial charge in [-0.3, -0.25) is 4.55 Å². The number of hydrogen-bond donors (Lipinski definition) is 1. The molecular formula is C12H22O3S. The maximum absolute atomic E-state index is 11.6. The maximum atomic E-state index is 11.6. The van der Waals surface area contributed by atoms with Crippen LogP contribution in [0.15, 0.2) is 0 Å². The summed E-state index contributed by atoms with van der Waals surface area (Å²) in [6, 6.07) is 0. The van der Waals surface area contributed by atoms with E-state index in [0.29, 0.717) is 6.42 Å². The molecule has 1 N–H and O–H groups in total. The highest BCUT2D eigenvalue weighted by atomic mass is 32.2. The minimum Gasteiger partial charge on any atom is -0.285 e. The molecule has 0 amide bonds. The van der Waals surface area contributed by atoms with E-state index in [2.05, 4.69) is 0 Å². The van der Waals surface area contributed by atoms with Crippen molar-refractivity contribution >= 4 is 10.1 Å². The molecule has 0 radical (unpaired) electrons. The van der Waals surface area contributed by atoms with Crippen molar-refractivity contribution < 1.29 is 13.0 Å². The van der Waals surface area contributed by atoms with Gasteiger partial charge in [-0.05, 0) is 31.1 Å². The molecule has 0 saturated heterocycles. The molecule has 1 unspecified atom stereocenters. The highest BCUT2D eigenvalue weighted by Gasteiger charge is 2.46. The van der Waals surface area contributed by atoms with Gasteiger partial charge >= 0.3 is 0 Å². The largest absolute Gasteiger partial charge is 0.285 e. The van der Waals surface area contributed by atoms with Crippen LogP contribution in [0, 0.1) is 5.41 Å². The molecule has 2 rings (SSSR count). The van der Waals surface area contributed by atoms with Crippen molar-refractivity contribution in [1.82, 2.24) is 0 Å². The number of rotatable bonds is 1. The van der Waals surface area contributed by atoms with E-state index in [0.717, 1.165) is 51.4 Å². The monoisotopic (exact) mass is 246 g/mol. The Morgan fingerprint density at radius 1 is 0.875 bits per heavy atom. The quantitative estimate of drug-likeness (QED) is 0.723. The Morgan fingerprint density at radius 2 is 1.38 bits per heavy atom. The van der Waals surface area contributed by atoms with Gasteiger partial charge in [0.15, 0.2) is 0 Å². The first-order chi connectivity index (χ1) is 7.55. The van der Waals surface area contributed by atoms with Crippen molar-refractivity contribution in [2.45, 2.75) is 69.5 Å². The lowest BCUT2D eigenvalue weighted by atomic mass is 9.69. The molecule has 2 fully saturated rings. The first-order valence-electron chi connectivity index (χ1n) is 6.51. The van der Waals surface area contributed by atoms with Crippen LogP contribution in [0.3, 0.4) is 0 Å². The summed E-state index contributed by atoms with van der Waals surface area (Å²) in [6.45, 7) is 0. The molecule has 4 heteroatoms. The van der Waals surface area contributed by atoms with Gasteiger partial charge in [0.2, 0.25) is 0 Å². The maximum Gasteiger partial charge on any atom is 0.268 e. The minimum atomic E-state index is -3.86. The third kappa shape index (κ3) is 2.43. The molecule has 2 saturated carbocycles. The summed E-state index contributed by atoms with van der Waals surface area (Å²) in [7, 11) is -3.86. The zero-order chi connectivity index (χ0) is 11.6. The molecule has 0 aromatic carbocycles. The Hall–Kier alpha value is -0.0900. The molecule has 0 aliphatic heterocycles. The summed E-state index contributed by atoms with van der Waals surface area (Å²) >= 11 is 0. The molecule has 0 aromatic rings. The van der Waals surface area contributed by atoms with E-state index in [1.165, 1.54) is 6.42 Å². The summed E-state index contributed by atoms with van der Waals surface area (Å²) in [5.41, 5.74) is -0.0949. The second kappa shape index (κ2) is 4.65. The second-order valence-electron chi connectivity index (χ2n) is 5.53. The predicted octanol–water partition coefficient (Wildman–Crippen LogP) is 3.16. The zero-order valence-corrected chi connectivity index (χ0v) is 10.6. The minimum absolute atomic E-state index is 0.0949. The first-order valence-corrected chi connectivity index (χ1v) is 8.01. The second-order valence-corrected chi connectivity index (χ2v) is 7.12. The van der Waals surface area contributed by atoms with Crippen molar-refractivity contribution in [3.63, 3.8) is 0 Å². The topological polar surface area (TPSA) is 54.4 Å². The standard InChI is InChI=1S/C12H22O3S/c13-16(14,15)11-7-3-1-4-8-12(11)9-5-2-6-10-12/h11H,1-10H2,(H,13,14,15). The third-order valence-electron chi connectivity index (χ3n) is 4.53. The lowest BCUT2D eigenvalue weighted by Crippen LogP contribution is -2.41. The molecule has 94 valence electrons. The van der Waals surface area contributed by atoms with Crippen LogP contribution in [0.1, 0.15) is 64.2 Å². The van der Waals surface area contributed by atoms with E-state index in [1.54, 1.807) is 0 Å². The van der Waals surface area contributed by atoms with Crippen molar-refractivity contribution in [3.8, 4) is 0 Å². The Kier molecular flexibility index (Phi) is 3.59. The highest BCUT2D eigenvalue weighted by Crippen LogP contribution is 2.48. The van der Waals surface area contributed by atoms with Crippen LogP contribution in [0.25, 0.3) is 0 Å². The van der Waals surface area contributed by atoms with Crippen LogP contribution < -0.4 is 0 Å². The van der Waals surface area contributed by atoms with Crippen LogP contribution >= 0.6 is 0 Å². The summed E-state index contributed by atoms with van der Waals surface area (Å²) in [5, 5.41) is -0.484. The van der Waals surface area contributed by atoms with Gasteiger partial charge in [-0.1, -0.05) is 38.5 Å². The highest BCUT2D eigenvalue weighted by molar-refractivity contribution is 7.86. The molecule has 0 heterocycles. The molecular weight excluding hydrogens is 224 g/mol. The Labute approximate surface area is 98.4 Å². The lowest BCUT2D eigenvalue weighted by Gasteiger charge is -2.41. The fraction of sp³-hybridized carbons (Fsp3) is 1.00. The molecule has 3 nitrogen and oxygen atoms in total. The molecule has 16 heavy (non-hydrogen) atoms. The van der Waals surface area contributed by atoms with Gasteiger partial charge < -0.3 is 0 Å². The molecule has 2 aliphatic carbocycles. The van der Waals surface area contributed by atoms with E-state index in [4.69, 9.17) is 0 Å². The summed E-state index contributed by atoms with van der Waals surface area (Å²) < 4.78 is 32.6. The summed E-state index contributed by atoms with van der Waals surface area (Å²) in [6.07, 6.45) is 10.3. The molecule has 1 spiro atoms. The fourth-order valence-corrected chi connectivity index (χ4v) is 5.19. The molecule has 0 aromatic heterocycles. The summed E-state index contributed by atoms with van der Waals surface area (Å²) in [4.78, 5) is 0. The Morgan fingerprint density at radius 3 is 1.88 bits per heavy atom. The van der Waals surface area contributed by atoms with Crippen molar-refractivity contribution in [1.29, 1.82) is 0 Å². The fourth-order valence-electron chi connectivity index (χ4n) is 3.74. The molecule has 1 atom stereocenters. The van der Waals surface area contributed by atoms with Crippen LogP contribution in [-0.4, -0.2) is 18.2 Å². The van der Waals surface area contributed by atoms with E-state index in [-0.39, 0.29) is 5.41 Å². The lowest BCUT2D eigenvalue weighted by molar-refractivity contribution is 0.159. The van der Waals surface area contributed by atoms with E-state index in [1.807, 2.05) is 0 Å². The van der Waals surface area contributed by atoms with Gasteiger partial charge in [-0.2, -0.15) is 8.42 Å². The Bertz CT molecular complexity index is 328. The van der Waals surface area contributed by atoms with Gasteiger partial charge in [0.1, 0.15) is 0 Å². The van der Waals surface area contributed by atoms with Gasteiger partial charge in [0.25, 0.3) is 10.1 Å². The van der Waals surface area contributed by atoms with Gasteiger partial charge in [-0.25, -0.2) is 0 Å². The number of hydrogen-bond acceptors (Lipinski definition) is 2. The first kappa shape index (κ1) is 12.4. The van der Waals surface area contributed by atoms with Crippen molar-refractivity contribution in [2.24, 2.45) is 5.41 Å². The predicted molar refractivity (Wildman–Crippen MR) is 63.9 cm³/mol. The van der Waals surface area contributed by atoms with Crippen molar-refractivity contribution in [3.05, 3.63) is 0 Å². The molecule has 2 aliphatic rings. The van der Waals surface area contributed by atoms with Gasteiger partial charge in [-0.15, -0.1) is 0 Å². The van der Waals surface area contributed by atoms with Crippen LogP contribution in [0.2, 0.25) is 0 Å². The van der Waals surface area contributed by atoms with Gasteiger partial charge in [0.05, 0.1) is 5.25 Å². The normalized spacial score (nSPS) is 31.2. The van der Waals surface area contributed by atoms with E-state index in [9.17, 15) is 13.0 Å². The zero-order valence-electron chi connectivity index (χ0n) is 9.82. The van der Waals surface area contributed by atoms with Crippen molar-refractivity contribution in [2.75, 3.05) is 0 Å². The third-order valence-corrected chi connectivity index (χ3v) is 5.99. The van der Waals surface area contributed by atoms with Gasteiger partial charge in [0, 0.05) is 0 Å². The van der Waals surface area contributed by atoms with E-state index < -0.39 is 15.4 Å². The van der Waals surface area contributed by atoms with Crippen LogP contribution in [-0.2, 0) is 10.1 Å². The smallest absolute Gasteiger partial charge is 0.268 e. The Balaban J connectivity index is 2.28. The molecule has 0 bridgehead atoms. The average molecular weight is 246 g/mol. The van der Waals surface area contributed by atoms with Crippen LogP contribution in [0.4, 0.5) is 0 Å². The average Bonchev–Trinajstić information content (AvgIpc) is 2.41.